The molecule has 0 aromatic heterocycles. The summed E-state index contributed by atoms with van der Waals surface area (Å²) in [6.07, 6.45) is 0.161. The van der Waals surface area contributed by atoms with E-state index in [1.165, 1.54) is 12.1 Å². The lowest BCUT2D eigenvalue weighted by Gasteiger charge is -2.15. The normalized spacial score (nSPS) is 12.5. The Bertz CT molecular complexity index is 615. The van der Waals surface area contributed by atoms with Gasteiger partial charge in [0.15, 0.2) is 11.6 Å². The van der Waals surface area contributed by atoms with Crippen molar-refractivity contribution >= 4 is 0 Å². The molecule has 2 aromatic carbocycles. The minimum absolute atomic E-state index is 0.161. The van der Waals surface area contributed by atoms with E-state index < -0.39 is 17.7 Å². The molecule has 0 aliphatic carbocycles. The van der Waals surface area contributed by atoms with E-state index in [1.54, 1.807) is 26.0 Å². The molecule has 1 atom stereocenters. The van der Waals surface area contributed by atoms with Crippen LogP contribution in [0.25, 0.3) is 0 Å². The van der Waals surface area contributed by atoms with Crippen LogP contribution in [0, 0.1) is 31.3 Å². The van der Waals surface area contributed by atoms with Crippen molar-refractivity contribution in [1.82, 2.24) is 0 Å². The highest BCUT2D eigenvalue weighted by Gasteiger charge is 2.15. The Morgan fingerprint density at radius 3 is 2.20 bits per heavy atom. The highest BCUT2D eigenvalue weighted by molar-refractivity contribution is 5.33. The van der Waals surface area contributed by atoms with Gasteiger partial charge in [0.1, 0.15) is 5.82 Å². The third kappa shape index (κ3) is 2.85. The second-order valence-electron chi connectivity index (χ2n) is 4.99. The fourth-order valence-corrected chi connectivity index (χ4v) is 2.25. The number of aryl methyl sites for hydroxylation is 2. The van der Waals surface area contributed by atoms with Gasteiger partial charge >= 0.3 is 0 Å². The van der Waals surface area contributed by atoms with Crippen LogP contribution < -0.4 is 5.73 Å². The monoisotopic (exact) mass is 279 g/mol. The summed E-state index contributed by atoms with van der Waals surface area (Å²) in [6, 6.07) is 6.79. The molecule has 20 heavy (non-hydrogen) atoms. The first kappa shape index (κ1) is 14.6. The summed E-state index contributed by atoms with van der Waals surface area (Å²) < 4.78 is 40.3. The smallest absolute Gasteiger partial charge is 0.162 e. The summed E-state index contributed by atoms with van der Waals surface area (Å²) >= 11 is 0. The Morgan fingerprint density at radius 2 is 1.60 bits per heavy atom. The van der Waals surface area contributed by atoms with Gasteiger partial charge in [-0.1, -0.05) is 24.3 Å². The molecule has 2 rings (SSSR count). The fraction of sp³-hybridized carbons (Fsp3) is 0.250. The molecule has 0 fully saturated rings. The molecule has 4 heteroatoms. The third-order valence-corrected chi connectivity index (χ3v) is 3.36. The van der Waals surface area contributed by atoms with Crippen molar-refractivity contribution in [2.45, 2.75) is 26.3 Å². The first-order valence-electron chi connectivity index (χ1n) is 6.35. The molecule has 1 nitrogen and oxygen atoms in total. The lowest BCUT2D eigenvalue weighted by atomic mass is 9.96. The summed E-state index contributed by atoms with van der Waals surface area (Å²) in [7, 11) is 0. The molecule has 2 aromatic rings. The van der Waals surface area contributed by atoms with Gasteiger partial charge in [-0.3, -0.25) is 0 Å². The van der Waals surface area contributed by atoms with Gasteiger partial charge < -0.3 is 5.73 Å². The summed E-state index contributed by atoms with van der Waals surface area (Å²) in [5.41, 5.74) is 7.95. The van der Waals surface area contributed by atoms with Gasteiger partial charge in [-0.15, -0.1) is 0 Å². The van der Waals surface area contributed by atoms with Crippen molar-refractivity contribution in [3.8, 4) is 0 Å². The van der Waals surface area contributed by atoms with Crippen molar-refractivity contribution in [3.63, 3.8) is 0 Å². The molecule has 0 amide bonds. The number of nitrogens with two attached hydrogens (primary N) is 1. The topological polar surface area (TPSA) is 26.0 Å². The first-order valence-corrected chi connectivity index (χ1v) is 6.35. The number of halogens is 3. The molecular weight excluding hydrogens is 263 g/mol. The Morgan fingerprint density at radius 1 is 1.00 bits per heavy atom. The van der Waals surface area contributed by atoms with Gasteiger partial charge in [-0.05, 0) is 48.6 Å². The molecule has 0 radical (unpaired) electrons. The van der Waals surface area contributed by atoms with E-state index in [1.807, 2.05) is 0 Å². The van der Waals surface area contributed by atoms with Crippen LogP contribution in [0.5, 0.6) is 0 Å². The largest absolute Gasteiger partial charge is 0.324 e. The first-order chi connectivity index (χ1) is 9.40. The Hall–Kier alpha value is -1.81. The maximum Gasteiger partial charge on any atom is 0.162 e. The van der Waals surface area contributed by atoms with Gasteiger partial charge in [0.05, 0.1) is 0 Å². The molecule has 0 saturated carbocycles. The highest BCUT2D eigenvalue weighted by atomic mass is 19.2. The number of hydrogen-bond donors (Lipinski definition) is 1. The van der Waals surface area contributed by atoms with Crippen molar-refractivity contribution in [2.24, 2.45) is 5.73 Å². The molecule has 0 heterocycles. The Labute approximate surface area is 116 Å². The number of benzene rings is 2. The van der Waals surface area contributed by atoms with E-state index >= 15 is 0 Å². The van der Waals surface area contributed by atoms with Crippen LogP contribution >= 0.6 is 0 Å². The van der Waals surface area contributed by atoms with Crippen LogP contribution in [-0.4, -0.2) is 0 Å². The fourth-order valence-electron chi connectivity index (χ4n) is 2.25. The lowest BCUT2D eigenvalue weighted by Crippen LogP contribution is -2.15. The zero-order valence-corrected chi connectivity index (χ0v) is 11.4. The van der Waals surface area contributed by atoms with E-state index in [2.05, 4.69) is 0 Å². The van der Waals surface area contributed by atoms with Crippen molar-refractivity contribution in [3.05, 3.63) is 70.0 Å². The van der Waals surface area contributed by atoms with Crippen LogP contribution in [0.2, 0.25) is 0 Å². The van der Waals surface area contributed by atoms with Crippen LogP contribution in [-0.2, 0) is 6.42 Å². The average Bonchev–Trinajstić information content (AvgIpc) is 2.40. The van der Waals surface area contributed by atoms with Crippen LogP contribution in [0.1, 0.15) is 28.3 Å². The molecule has 0 saturated heterocycles. The molecule has 0 spiro atoms. The predicted octanol–water partition coefficient (Wildman–Crippen LogP) is 3.96. The summed E-state index contributed by atoms with van der Waals surface area (Å²) in [5.74, 6) is -2.03. The maximum atomic E-state index is 13.6. The molecule has 1 unspecified atom stereocenters. The molecular formula is C16H16F3N. The highest BCUT2D eigenvalue weighted by Crippen LogP contribution is 2.23. The van der Waals surface area contributed by atoms with Gasteiger partial charge in [0, 0.05) is 6.04 Å². The van der Waals surface area contributed by atoms with E-state index in [-0.39, 0.29) is 17.8 Å². The minimum Gasteiger partial charge on any atom is -0.324 e. The molecule has 0 bridgehead atoms. The minimum atomic E-state index is -0.888. The van der Waals surface area contributed by atoms with Crippen LogP contribution in [0.3, 0.4) is 0 Å². The molecule has 106 valence electrons. The quantitative estimate of drug-likeness (QED) is 0.904. The second-order valence-corrected chi connectivity index (χ2v) is 4.99. The molecule has 0 aliphatic rings. The molecule has 2 N–H and O–H groups in total. The van der Waals surface area contributed by atoms with Crippen molar-refractivity contribution < 1.29 is 13.2 Å². The second kappa shape index (κ2) is 5.67. The van der Waals surface area contributed by atoms with Crippen molar-refractivity contribution in [2.75, 3.05) is 0 Å². The Kier molecular flexibility index (Phi) is 4.14. The Balaban J connectivity index is 2.28. The maximum absolute atomic E-state index is 13.6. The summed E-state index contributed by atoms with van der Waals surface area (Å²) in [6.45, 7) is 3.31. The standard InChI is InChI=1S/C16H16F3N/c1-9-6-12(7-10(2)15(9)18)14(20)8-11-4-3-5-13(17)16(11)19/h3-7,14H,8,20H2,1-2H3. The van der Waals surface area contributed by atoms with E-state index in [4.69, 9.17) is 5.73 Å². The molecule has 0 aliphatic heterocycles. The van der Waals surface area contributed by atoms with E-state index in [9.17, 15) is 13.2 Å². The lowest BCUT2D eigenvalue weighted by molar-refractivity contribution is 0.494. The van der Waals surface area contributed by atoms with E-state index in [0.29, 0.717) is 16.7 Å². The van der Waals surface area contributed by atoms with Crippen molar-refractivity contribution in [1.29, 1.82) is 0 Å². The summed E-state index contributed by atoms with van der Waals surface area (Å²) in [5, 5.41) is 0. The van der Waals surface area contributed by atoms with Crippen LogP contribution in [0.4, 0.5) is 13.2 Å². The SMILES string of the molecule is Cc1cc(C(N)Cc2cccc(F)c2F)cc(C)c1F. The van der Waals surface area contributed by atoms with Gasteiger partial charge in [-0.25, -0.2) is 13.2 Å². The number of hydrogen-bond acceptors (Lipinski definition) is 1. The predicted molar refractivity (Wildman–Crippen MR) is 72.9 cm³/mol. The summed E-state index contributed by atoms with van der Waals surface area (Å²) in [4.78, 5) is 0. The van der Waals surface area contributed by atoms with Crippen LogP contribution in [0.15, 0.2) is 30.3 Å². The zero-order chi connectivity index (χ0) is 14.9. The van der Waals surface area contributed by atoms with Gasteiger partial charge in [0.25, 0.3) is 0 Å². The zero-order valence-electron chi connectivity index (χ0n) is 11.4. The van der Waals surface area contributed by atoms with Gasteiger partial charge in [-0.2, -0.15) is 0 Å². The number of rotatable bonds is 3. The van der Waals surface area contributed by atoms with E-state index in [0.717, 1.165) is 6.07 Å². The van der Waals surface area contributed by atoms with Gasteiger partial charge in [0.2, 0.25) is 0 Å². The third-order valence-electron chi connectivity index (χ3n) is 3.36. The average molecular weight is 279 g/mol.